The number of nitrogens with one attached hydrogen (secondary N) is 1. The Kier molecular flexibility index (Phi) is 7.80. The van der Waals surface area contributed by atoms with E-state index in [9.17, 15) is 13.2 Å². The third-order valence-electron chi connectivity index (χ3n) is 6.48. The van der Waals surface area contributed by atoms with E-state index in [2.05, 4.69) is 22.3 Å². The Balaban J connectivity index is 1.47. The molecule has 7 nitrogen and oxygen atoms in total. The molecular formula is C25H33N3O4S. The largest absolute Gasteiger partial charge is 0.379 e. The van der Waals surface area contributed by atoms with Crippen molar-refractivity contribution in [2.75, 3.05) is 39.4 Å². The van der Waals surface area contributed by atoms with Crippen molar-refractivity contribution < 1.29 is 17.9 Å². The van der Waals surface area contributed by atoms with Gasteiger partial charge in [-0.2, -0.15) is 4.31 Å². The highest BCUT2D eigenvalue weighted by molar-refractivity contribution is 7.89. The van der Waals surface area contributed by atoms with E-state index in [1.54, 1.807) is 28.6 Å². The van der Waals surface area contributed by atoms with Crippen LogP contribution in [0, 0.1) is 0 Å². The molecule has 2 aromatic rings. The lowest BCUT2D eigenvalue weighted by Gasteiger charge is -2.38. The van der Waals surface area contributed by atoms with E-state index >= 15 is 0 Å². The van der Waals surface area contributed by atoms with Crippen molar-refractivity contribution in [2.24, 2.45) is 0 Å². The molecule has 8 heteroatoms. The maximum absolute atomic E-state index is 13.0. The molecule has 4 rings (SSSR count). The molecule has 33 heavy (non-hydrogen) atoms. The summed E-state index contributed by atoms with van der Waals surface area (Å²) in [5, 5.41) is 3.13. The average molecular weight is 472 g/mol. The minimum Gasteiger partial charge on any atom is -0.379 e. The maximum Gasteiger partial charge on any atom is 0.251 e. The summed E-state index contributed by atoms with van der Waals surface area (Å²) in [4.78, 5) is 15.6. The van der Waals surface area contributed by atoms with E-state index in [0.29, 0.717) is 31.9 Å². The van der Waals surface area contributed by atoms with Gasteiger partial charge in [0.2, 0.25) is 10.0 Å². The van der Waals surface area contributed by atoms with Crippen LogP contribution in [-0.4, -0.2) is 69.0 Å². The molecule has 2 heterocycles. The van der Waals surface area contributed by atoms with Crippen molar-refractivity contribution in [3.63, 3.8) is 0 Å². The number of morpholine rings is 1. The second-order valence-electron chi connectivity index (χ2n) is 8.76. The van der Waals surface area contributed by atoms with E-state index in [0.717, 1.165) is 37.9 Å². The first kappa shape index (κ1) is 23.9. The monoisotopic (exact) mass is 471 g/mol. The molecule has 0 aliphatic carbocycles. The second kappa shape index (κ2) is 10.8. The first-order chi connectivity index (χ1) is 16.0. The quantitative estimate of drug-likeness (QED) is 0.672. The van der Waals surface area contributed by atoms with Crippen LogP contribution in [0.3, 0.4) is 0 Å². The zero-order valence-corrected chi connectivity index (χ0v) is 20.0. The standard InChI is InChI=1S/C25H33N3O4S/c1-20(24(21-8-4-2-5-9-21)27-16-18-32-19-17-27)26-25(29)22-10-12-23(13-11-22)33(30,31)28-14-6-3-7-15-28/h2,4-5,8-13,20,24H,3,6-7,14-19H2,1H3,(H,26,29)/t20-,24-/m0/s1. The van der Waals surface area contributed by atoms with Gasteiger partial charge < -0.3 is 10.1 Å². The van der Waals surface area contributed by atoms with Gasteiger partial charge in [0.05, 0.1) is 24.2 Å². The Morgan fingerprint density at radius 3 is 2.18 bits per heavy atom. The summed E-state index contributed by atoms with van der Waals surface area (Å²) < 4.78 is 32.8. The predicted molar refractivity (Wildman–Crippen MR) is 128 cm³/mol. The zero-order chi connectivity index (χ0) is 23.3. The summed E-state index contributed by atoms with van der Waals surface area (Å²) in [5.41, 5.74) is 1.60. The molecular weight excluding hydrogens is 438 g/mol. The van der Waals surface area contributed by atoms with Gasteiger partial charge in [-0.25, -0.2) is 8.42 Å². The van der Waals surface area contributed by atoms with Gasteiger partial charge in [0.1, 0.15) is 0 Å². The number of amides is 1. The maximum atomic E-state index is 13.0. The van der Waals surface area contributed by atoms with Crippen molar-refractivity contribution >= 4 is 15.9 Å². The molecule has 2 fully saturated rings. The number of hydrogen-bond donors (Lipinski definition) is 1. The first-order valence-corrected chi connectivity index (χ1v) is 13.2. The van der Waals surface area contributed by atoms with E-state index in [4.69, 9.17) is 4.74 Å². The zero-order valence-electron chi connectivity index (χ0n) is 19.2. The van der Waals surface area contributed by atoms with Gasteiger partial charge in [-0.15, -0.1) is 0 Å². The van der Waals surface area contributed by atoms with Crippen LogP contribution < -0.4 is 5.32 Å². The van der Waals surface area contributed by atoms with E-state index in [1.165, 1.54) is 0 Å². The van der Waals surface area contributed by atoms with Gasteiger partial charge in [0.15, 0.2) is 0 Å². The Bertz CT molecular complexity index is 1020. The van der Waals surface area contributed by atoms with Crippen LogP contribution in [0.1, 0.15) is 48.1 Å². The molecule has 178 valence electrons. The first-order valence-electron chi connectivity index (χ1n) is 11.7. The SMILES string of the molecule is C[C@H](NC(=O)c1ccc(S(=O)(=O)N2CCCCC2)cc1)[C@@H](c1ccccc1)N1CCOCC1. The Labute approximate surface area is 196 Å². The molecule has 2 aliphatic heterocycles. The summed E-state index contributed by atoms with van der Waals surface area (Å²) in [7, 11) is -3.51. The minimum atomic E-state index is -3.51. The molecule has 0 unspecified atom stereocenters. The van der Waals surface area contributed by atoms with E-state index in [1.807, 2.05) is 25.1 Å². The molecule has 2 atom stereocenters. The van der Waals surface area contributed by atoms with Gasteiger partial charge in [-0.3, -0.25) is 9.69 Å². The smallest absolute Gasteiger partial charge is 0.251 e. The Morgan fingerprint density at radius 1 is 0.909 bits per heavy atom. The van der Waals surface area contributed by atoms with E-state index < -0.39 is 10.0 Å². The molecule has 2 saturated heterocycles. The fourth-order valence-electron chi connectivity index (χ4n) is 4.72. The highest BCUT2D eigenvalue weighted by Crippen LogP contribution is 2.26. The van der Waals surface area contributed by atoms with Crippen molar-refractivity contribution in [1.29, 1.82) is 0 Å². The molecule has 0 saturated carbocycles. The number of sulfonamides is 1. The van der Waals surface area contributed by atoms with Crippen LogP contribution in [0.25, 0.3) is 0 Å². The van der Waals surface area contributed by atoms with Gasteiger partial charge in [-0.1, -0.05) is 36.8 Å². The normalized spacial score (nSPS) is 20.2. The van der Waals surface area contributed by atoms with Crippen LogP contribution in [0.2, 0.25) is 0 Å². The highest BCUT2D eigenvalue weighted by Gasteiger charge is 2.29. The van der Waals surface area contributed by atoms with E-state index in [-0.39, 0.29) is 22.9 Å². The fourth-order valence-corrected chi connectivity index (χ4v) is 6.24. The second-order valence-corrected chi connectivity index (χ2v) is 10.7. The van der Waals surface area contributed by atoms with Crippen molar-refractivity contribution in [2.45, 2.75) is 43.2 Å². The average Bonchev–Trinajstić information content (AvgIpc) is 2.86. The third kappa shape index (κ3) is 5.63. The van der Waals surface area contributed by atoms with Crippen molar-refractivity contribution in [3.8, 4) is 0 Å². The number of piperidine rings is 1. The van der Waals surface area contributed by atoms with Crippen molar-refractivity contribution in [1.82, 2.24) is 14.5 Å². The van der Waals surface area contributed by atoms with Crippen LogP contribution in [0.4, 0.5) is 0 Å². The third-order valence-corrected chi connectivity index (χ3v) is 8.39. The molecule has 2 aromatic carbocycles. The molecule has 1 amide bonds. The molecule has 0 bridgehead atoms. The number of benzene rings is 2. The summed E-state index contributed by atoms with van der Waals surface area (Å²) in [6.45, 7) is 6.11. The van der Waals surface area contributed by atoms with Gasteiger partial charge in [0, 0.05) is 37.8 Å². The number of carbonyl (C=O) groups is 1. The summed E-state index contributed by atoms with van der Waals surface area (Å²) in [5.74, 6) is -0.210. The minimum absolute atomic E-state index is 0.0257. The lowest BCUT2D eigenvalue weighted by Crippen LogP contribution is -2.48. The molecule has 2 aliphatic rings. The number of rotatable bonds is 7. The van der Waals surface area contributed by atoms with Gasteiger partial charge in [0.25, 0.3) is 5.91 Å². The summed E-state index contributed by atoms with van der Waals surface area (Å²) in [6.07, 6.45) is 2.85. The van der Waals surface area contributed by atoms with Crippen LogP contribution in [0.15, 0.2) is 59.5 Å². The van der Waals surface area contributed by atoms with Gasteiger partial charge >= 0.3 is 0 Å². The number of hydrogen-bond acceptors (Lipinski definition) is 5. The predicted octanol–water partition coefficient (Wildman–Crippen LogP) is 3.05. The Hall–Kier alpha value is -2.26. The van der Waals surface area contributed by atoms with Crippen LogP contribution in [-0.2, 0) is 14.8 Å². The molecule has 0 aromatic heterocycles. The lowest BCUT2D eigenvalue weighted by atomic mass is 9.97. The lowest BCUT2D eigenvalue weighted by molar-refractivity contribution is 0.00888. The Morgan fingerprint density at radius 2 is 1.55 bits per heavy atom. The molecule has 0 radical (unpaired) electrons. The number of ether oxygens (including phenoxy) is 1. The van der Waals surface area contributed by atoms with Gasteiger partial charge in [-0.05, 0) is 49.6 Å². The summed E-state index contributed by atoms with van der Waals surface area (Å²) in [6, 6.07) is 16.4. The number of carbonyl (C=O) groups excluding carboxylic acids is 1. The number of nitrogens with zero attached hydrogens (tertiary/aromatic N) is 2. The topological polar surface area (TPSA) is 79.0 Å². The summed E-state index contributed by atoms with van der Waals surface area (Å²) >= 11 is 0. The van der Waals surface area contributed by atoms with Crippen LogP contribution >= 0.6 is 0 Å². The highest BCUT2D eigenvalue weighted by atomic mass is 32.2. The van der Waals surface area contributed by atoms with Crippen molar-refractivity contribution in [3.05, 3.63) is 65.7 Å². The van der Waals surface area contributed by atoms with Crippen LogP contribution in [0.5, 0.6) is 0 Å². The molecule has 1 N–H and O–H groups in total. The molecule has 0 spiro atoms. The fraction of sp³-hybridized carbons (Fsp3) is 0.480.